The van der Waals surface area contributed by atoms with Gasteiger partial charge in [0.25, 0.3) is 0 Å². The van der Waals surface area contributed by atoms with Crippen molar-refractivity contribution in [2.75, 3.05) is 13.2 Å². The molecule has 0 aromatic heterocycles. The van der Waals surface area contributed by atoms with E-state index in [2.05, 4.69) is 20.7 Å². The molecule has 1 unspecified atom stereocenters. The average molecular weight is 334 g/mol. The first-order chi connectivity index (χ1) is 8.49. The Bertz CT molecular complexity index is 524. The van der Waals surface area contributed by atoms with Gasteiger partial charge in [0.2, 0.25) is 10.0 Å². The van der Waals surface area contributed by atoms with Crippen molar-refractivity contribution in [3.05, 3.63) is 28.2 Å². The molecule has 4 nitrogen and oxygen atoms in total. The lowest BCUT2D eigenvalue weighted by molar-refractivity contribution is 0.0774. The first kappa shape index (κ1) is 14.0. The highest BCUT2D eigenvalue weighted by Gasteiger charge is 2.22. The summed E-state index contributed by atoms with van der Waals surface area (Å²) in [5, 5.41) is 0. The predicted molar refractivity (Wildman–Crippen MR) is 73.0 cm³/mol. The Morgan fingerprint density at radius 3 is 2.83 bits per heavy atom. The van der Waals surface area contributed by atoms with Crippen LogP contribution in [0.4, 0.5) is 0 Å². The van der Waals surface area contributed by atoms with Gasteiger partial charge in [-0.1, -0.05) is 15.9 Å². The fourth-order valence-corrected chi connectivity index (χ4v) is 3.49. The molecular formula is C12H16BrNO3S. The Labute approximate surface area is 116 Å². The van der Waals surface area contributed by atoms with Crippen molar-refractivity contribution in [3.8, 4) is 0 Å². The molecule has 18 heavy (non-hydrogen) atoms. The topological polar surface area (TPSA) is 55.4 Å². The van der Waals surface area contributed by atoms with Gasteiger partial charge in [0, 0.05) is 17.1 Å². The van der Waals surface area contributed by atoms with Gasteiger partial charge in [-0.15, -0.1) is 0 Å². The van der Waals surface area contributed by atoms with Crippen molar-refractivity contribution >= 4 is 26.0 Å². The third kappa shape index (κ3) is 3.32. The smallest absolute Gasteiger partial charge is 0.240 e. The van der Waals surface area contributed by atoms with Crippen molar-refractivity contribution in [3.63, 3.8) is 0 Å². The Kier molecular flexibility index (Phi) is 4.42. The maximum Gasteiger partial charge on any atom is 0.240 e. The molecule has 0 bridgehead atoms. The third-order valence-electron chi connectivity index (χ3n) is 2.92. The van der Waals surface area contributed by atoms with Gasteiger partial charge in [0.15, 0.2) is 0 Å². The second kappa shape index (κ2) is 5.69. The minimum Gasteiger partial charge on any atom is -0.380 e. The van der Waals surface area contributed by atoms with E-state index in [1.165, 1.54) is 0 Å². The van der Waals surface area contributed by atoms with Gasteiger partial charge in [0.05, 0.1) is 11.5 Å². The first-order valence-corrected chi connectivity index (χ1v) is 8.13. The van der Waals surface area contributed by atoms with Crippen LogP contribution in [0.15, 0.2) is 27.6 Å². The van der Waals surface area contributed by atoms with Crippen LogP contribution in [0, 0.1) is 6.92 Å². The number of hydrogen-bond donors (Lipinski definition) is 1. The van der Waals surface area contributed by atoms with Crippen molar-refractivity contribution in [1.29, 1.82) is 0 Å². The Balaban J connectivity index is 2.16. The molecule has 1 aliphatic heterocycles. The van der Waals surface area contributed by atoms with Crippen LogP contribution in [0.25, 0.3) is 0 Å². The zero-order chi connectivity index (χ0) is 13.2. The minimum atomic E-state index is -3.45. The van der Waals surface area contributed by atoms with E-state index in [4.69, 9.17) is 4.74 Å². The number of benzene rings is 1. The fraction of sp³-hybridized carbons (Fsp3) is 0.500. The quantitative estimate of drug-likeness (QED) is 0.922. The summed E-state index contributed by atoms with van der Waals surface area (Å²) in [4.78, 5) is 0.300. The highest BCUT2D eigenvalue weighted by atomic mass is 79.9. The van der Waals surface area contributed by atoms with Crippen LogP contribution < -0.4 is 4.72 Å². The third-order valence-corrected chi connectivity index (χ3v) is 5.33. The second-order valence-corrected chi connectivity index (χ2v) is 7.01. The lowest BCUT2D eigenvalue weighted by Crippen LogP contribution is -2.40. The highest BCUT2D eigenvalue weighted by molar-refractivity contribution is 9.10. The average Bonchev–Trinajstić information content (AvgIpc) is 2.33. The Morgan fingerprint density at radius 2 is 2.22 bits per heavy atom. The van der Waals surface area contributed by atoms with Gasteiger partial charge in [-0.05, 0) is 43.5 Å². The molecule has 1 aromatic carbocycles. The summed E-state index contributed by atoms with van der Waals surface area (Å²) < 4.78 is 33.2. The predicted octanol–water partition coefficient (Wildman–Crippen LogP) is 2.21. The number of nitrogens with one attached hydrogen (secondary N) is 1. The monoisotopic (exact) mass is 333 g/mol. The van der Waals surface area contributed by atoms with Crippen LogP contribution >= 0.6 is 15.9 Å². The van der Waals surface area contributed by atoms with E-state index in [1.54, 1.807) is 18.2 Å². The summed E-state index contributed by atoms with van der Waals surface area (Å²) in [6.07, 6.45) is 1.72. The molecule has 1 heterocycles. The molecule has 1 saturated heterocycles. The molecule has 1 aromatic rings. The van der Waals surface area contributed by atoms with E-state index < -0.39 is 10.0 Å². The first-order valence-electron chi connectivity index (χ1n) is 5.85. The van der Waals surface area contributed by atoms with Gasteiger partial charge < -0.3 is 4.74 Å². The van der Waals surface area contributed by atoms with Crippen molar-refractivity contribution in [1.82, 2.24) is 4.72 Å². The van der Waals surface area contributed by atoms with Gasteiger partial charge in [-0.25, -0.2) is 13.1 Å². The molecule has 1 fully saturated rings. The van der Waals surface area contributed by atoms with Crippen molar-refractivity contribution in [2.24, 2.45) is 0 Å². The fourth-order valence-electron chi connectivity index (χ4n) is 1.91. The van der Waals surface area contributed by atoms with Crippen LogP contribution in [-0.4, -0.2) is 27.7 Å². The van der Waals surface area contributed by atoms with E-state index in [0.717, 1.165) is 29.5 Å². The lowest BCUT2D eigenvalue weighted by Gasteiger charge is -2.23. The number of halogens is 1. The lowest BCUT2D eigenvalue weighted by atomic mass is 10.1. The molecular weight excluding hydrogens is 318 g/mol. The standard InChI is InChI=1S/C12H16BrNO3S/c1-9-7-11(4-5-12(9)13)18(15,16)14-10-3-2-6-17-8-10/h4-5,7,10,14H,2-3,6,8H2,1H3. The molecule has 0 radical (unpaired) electrons. The molecule has 2 rings (SSSR count). The minimum absolute atomic E-state index is 0.118. The van der Waals surface area contributed by atoms with Crippen LogP contribution in [0.1, 0.15) is 18.4 Å². The number of aryl methyl sites for hydroxylation is 1. The van der Waals surface area contributed by atoms with Gasteiger partial charge in [-0.2, -0.15) is 0 Å². The maximum absolute atomic E-state index is 12.2. The second-order valence-electron chi connectivity index (χ2n) is 4.45. The molecule has 0 saturated carbocycles. The van der Waals surface area contributed by atoms with Crippen LogP contribution in [0.3, 0.4) is 0 Å². The highest BCUT2D eigenvalue weighted by Crippen LogP contribution is 2.20. The number of rotatable bonds is 3. The zero-order valence-corrected chi connectivity index (χ0v) is 12.6. The molecule has 0 spiro atoms. The van der Waals surface area contributed by atoms with Crippen molar-refractivity contribution < 1.29 is 13.2 Å². The Morgan fingerprint density at radius 1 is 1.44 bits per heavy atom. The largest absolute Gasteiger partial charge is 0.380 e. The molecule has 6 heteroatoms. The molecule has 100 valence electrons. The zero-order valence-electron chi connectivity index (χ0n) is 10.1. The van der Waals surface area contributed by atoms with Gasteiger partial charge in [0.1, 0.15) is 0 Å². The summed E-state index contributed by atoms with van der Waals surface area (Å²) in [6.45, 7) is 3.04. The summed E-state index contributed by atoms with van der Waals surface area (Å²) >= 11 is 3.36. The molecule has 0 amide bonds. The number of hydrogen-bond acceptors (Lipinski definition) is 3. The van der Waals surface area contributed by atoms with E-state index in [1.807, 2.05) is 6.92 Å². The van der Waals surface area contributed by atoms with E-state index in [-0.39, 0.29) is 6.04 Å². The molecule has 1 atom stereocenters. The van der Waals surface area contributed by atoms with E-state index in [0.29, 0.717) is 11.5 Å². The molecule has 1 aliphatic rings. The summed E-state index contributed by atoms with van der Waals surface area (Å²) in [5.41, 5.74) is 0.901. The van der Waals surface area contributed by atoms with Gasteiger partial charge >= 0.3 is 0 Å². The molecule has 0 aliphatic carbocycles. The van der Waals surface area contributed by atoms with E-state index >= 15 is 0 Å². The van der Waals surface area contributed by atoms with E-state index in [9.17, 15) is 8.42 Å². The van der Waals surface area contributed by atoms with Gasteiger partial charge in [-0.3, -0.25) is 0 Å². The van der Waals surface area contributed by atoms with Crippen LogP contribution in [-0.2, 0) is 14.8 Å². The van der Waals surface area contributed by atoms with Crippen molar-refractivity contribution in [2.45, 2.75) is 30.7 Å². The Hall–Kier alpha value is -0.430. The maximum atomic E-state index is 12.2. The van der Waals surface area contributed by atoms with Crippen LogP contribution in [0.2, 0.25) is 0 Å². The number of ether oxygens (including phenoxy) is 1. The number of sulfonamides is 1. The normalized spacial score (nSPS) is 20.9. The SMILES string of the molecule is Cc1cc(S(=O)(=O)NC2CCCOC2)ccc1Br. The molecule has 1 N–H and O–H groups in total. The summed E-state index contributed by atoms with van der Waals surface area (Å²) in [7, 11) is -3.45. The van der Waals surface area contributed by atoms with Crippen LogP contribution in [0.5, 0.6) is 0 Å². The summed E-state index contributed by atoms with van der Waals surface area (Å²) in [6, 6.07) is 4.90. The summed E-state index contributed by atoms with van der Waals surface area (Å²) in [5.74, 6) is 0.